The molecule has 6 heteroatoms. The van der Waals surface area contributed by atoms with Gasteiger partial charge in [0.15, 0.2) is 5.69 Å². The molecule has 0 saturated heterocycles. The first-order chi connectivity index (χ1) is 12.2. The fraction of sp³-hybridized carbons (Fsp3) is 0.211. The van der Waals surface area contributed by atoms with Crippen molar-refractivity contribution in [1.29, 1.82) is 0 Å². The number of carbonyl (C=O) groups is 1. The van der Waals surface area contributed by atoms with Gasteiger partial charge in [-0.05, 0) is 46.6 Å². The Morgan fingerprint density at radius 1 is 1.20 bits per heavy atom. The zero-order chi connectivity index (χ0) is 17.6. The summed E-state index contributed by atoms with van der Waals surface area (Å²) in [5.74, 6) is 0.795. The van der Waals surface area contributed by atoms with E-state index in [-0.39, 0.29) is 11.6 Å². The van der Waals surface area contributed by atoms with Crippen LogP contribution in [0.3, 0.4) is 0 Å². The number of aromatic nitrogens is 2. The number of oxazole rings is 1. The summed E-state index contributed by atoms with van der Waals surface area (Å²) in [5.41, 5.74) is 1.10. The number of pyridine rings is 1. The molecule has 0 spiro atoms. The third-order valence-corrected chi connectivity index (χ3v) is 4.34. The van der Waals surface area contributed by atoms with Crippen molar-refractivity contribution in [2.45, 2.75) is 19.8 Å². The fourth-order valence-electron chi connectivity index (χ4n) is 2.42. The van der Waals surface area contributed by atoms with Crippen LogP contribution >= 0.6 is 15.9 Å². The molecule has 0 fully saturated rings. The number of benzene rings is 1. The molecule has 0 aliphatic carbocycles. The molecule has 0 atom stereocenters. The lowest BCUT2D eigenvalue weighted by molar-refractivity contribution is 0.0981. The van der Waals surface area contributed by atoms with Crippen LogP contribution in [0.15, 0.2) is 63.8 Å². The Balaban J connectivity index is 1.90. The van der Waals surface area contributed by atoms with E-state index in [0.717, 1.165) is 22.9 Å². The third-order valence-electron chi connectivity index (χ3n) is 3.72. The van der Waals surface area contributed by atoms with Crippen LogP contribution in [0.4, 0.5) is 5.82 Å². The summed E-state index contributed by atoms with van der Waals surface area (Å²) in [6.07, 6.45) is 4.92. The van der Waals surface area contributed by atoms with Crippen LogP contribution < -0.4 is 4.90 Å². The van der Waals surface area contributed by atoms with Gasteiger partial charge in [0.2, 0.25) is 5.89 Å². The number of rotatable bonds is 6. The molecule has 25 heavy (non-hydrogen) atoms. The summed E-state index contributed by atoms with van der Waals surface area (Å²) in [4.78, 5) is 23.3. The molecule has 3 aromatic rings. The number of anilines is 1. The summed E-state index contributed by atoms with van der Waals surface area (Å²) in [5, 5.41) is 0. The predicted molar refractivity (Wildman–Crippen MR) is 100 cm³/mol. The van der Waals surface area contributed by atoms with Gasteiger partial charge in [-0.15, -0.1) is 0 Å². The predicted octanol–water partition coefficient (Wildman–Crippen LogP) is 4.95. The van der Waals surface area contributed by atoms with Gasteiger partial charge in [0.05, 0.1) is 4.47 Å². The first-order valence-corrected chi connectivity index (χ1v) is 8.93. The van der Waals surface area contributed by atoms with Gasteiger partial charge in [-0.2, -0.15) is 0 Å². The number of hydrogen-bond donors (Lipinski definition) is 0. The zero-order valence-electron chi connectivity index (χ0n) is 13.9. The molecular weight excluding hydrogens is 382 g/mol. The first kappa shape index (κ1) is 17.4. The second-order valence-corrected chi connectivity index (χ2v) is 6.38. The molecule has 1 aromatic carbocycles. The lowest BCUT2D eigenvalue weighted by Crippen LogP contribution is -2.33. The number of hydrogen-bond acceptors (Lipinski definition) is 4. The Morgan fingerprint density at radius 3 is 2.72 bits per heavy atom. The van der Waals surface area contributed by atoms with Crippen molar-refractivity contribution in [1.82, 2.24) is 9.97 Å². The lowest BCUT2D eigenvalue weighted by atomic mass is 10.2. The lowest BCUT2D eigenvalue weighted by Gasteiger charge is -2.21. The number of halogens is 1. The largest absolute Gasteiger partial charge is 0.444 e. The maximum Gasteiger partial charge on any atom is 0.281 e. The smallest absolute Gasteiger partial charge is 0.281 e. The monoisotopic (exact) mass is 399 g/mol. The average Bonchev–Trinajstić information content (AvgIpc) is 3.14. The maximum absolute atomic E-state index is 13.0. The van der Waals surface area contributed by atoms with E-state index in [1.165, 1.54) is 6.26 Å². The highest BCUT2D eigenvalue weighted by Crippen LogP contribution is 2.26. The molecule has 2 heterocycles. The highest BCUT2D eigenvalue weighted by molar-refractivity contribution is 9.10. The van der Waals surface area contributed by atoms with Crippen LogP contribution in [-0.4, -0.2) is 22.4 Å². The average molecular weight is 400 g/mol. The van der Waals surface area contributed by atoms with Crippen LogP contribution in [0.25, 0.3) is 11.5 Å². The fourth-order valence-corrected chi connectivity index (χ4v) is 2.89. The SMILES string of the molecule is CCCCN(C(=O)c1coc(-c2ccccc2)n1)c1ncccc1Br. The van der Waals surface area contributed by atoms with E-state index in [4.69, 9.17) is 4.42 Å². The molecule has 0 saturated carbocycles. The Kier molecular flexibility index (Phi) is 5.60. The Hall–Kier alpha value is -2.47. The van der Waals surface area contributed by atoms with Crippen LogP contribution in [0, 0.1) is 0 Å². The number of nitrogens with zero attached hydrogens (tertiary/aromatic N) is 3. The summed E-state index contributed by atoms with van der Waals surface area (Å²) in [7, 11) is 0. The van der Waals surface area contributed by atoms with Gasteiger partial charge in [0.1, 0.15) is 12.1 Å². The van der Waals surface area contributed by atoms with Crippen molar-refractivity contribution in [3.8, 4) is 11.5 Å². The summed E-state index contributed by atoms with van der Waals surface area (Å²) < 4.78 is 6.27. The normalized spacial score (nSPS) is 10.6. The van der Waals surface area contributed by atoms with Crippen molar-refractivity contribution in [3.63, 3.8) is 0 Å². The van der Waals surface area contributed by atoms with Gasteiger partial charge < -0.3 is 4.42 Å². The molecule has 0 unspecified atom stereocenters. The topological polar surface area (TPSA) is 59.2 Å². The minimum Gasteiger partial charge on any atom is -0.444 e. The zero-order valence-corrected chi connectivity index (χ0v) is 15.4. The van der Waals surface area contributed by atoms with Crippen LogP contribution in [0.1, 0.15) is 30.3 Å². The quantitative estimate of drug-likeness (QED) is 0.588. The van der Waals surface area contributed by atoms with Crippen molar-refractivity contribution in [3.05, 3.63) is 65.1 Å². The Morgan fingerprint density at radius 2 is 2.00 bits per heavy atom. The molecule has 0 aliphatic rings. The van der Waals surface area contributed by atoms with Gasteiger partial charge in [-0.1, -0.05) is 31.5 Å². The molecule has 0 radical (unpaired) electrons. The standard InChI is InChI=1S/C19H18BrN3O2/c1-2-3-12-23(17-15(20)10-7-11-21-17)19(24)16-13-25-18(22-16)14-8-5-4-6-9-14/h4-11,13H,2-3,12H2,1H3. The molecule has 1 amide bonds. The van der Waals surface area contributed by atoms with Crippen molar-refractivity contribution < 1.29 is 9.21 Å². The number of carbonyl (C=O) groups excluding carboxylic acids is 1. The van der Waals surface area contributed by atoms with Crippen molar-refractivity contribution in [2.75, 3.05) is 11.4 Å². The second kappa shape index (κ2) is 8.07. The highest BCUT2D eigenvalue weighted by Gasteiger charge is 2.23. The molecule has 0 aliphatic heterocycles. The van der Waals surface area contributed by atoms with E-state index >= 15 is 0 Å². The van der Waals surface area contributed by atoms with E-state index in [1.54, 1.807) is 11.1 Å². The summed E-state index contributed by atoms with van der Waals surface area (Å²) in [6, 6.07) is 13.2. The minimum absolute atomic E-state index is 0.223. The van der Waals surface area contributed by atoms with E-state index in [9.17, 15) is 4.79 Å². The second-order valence-electron chi connectivity index (χ2n) is 5.52. The van der Waals surface area contributed by atoms with E-state index in [2.05, 4.69) is 32.8 Å². The molecule has 2 aromatic heterocycles. The van der Waals surface area contributed by atoms with Crippen LogP contribution in [-0.2, 0) is 0 Å². The minimum atomic E-state index is -0.223. The van der Waals surface area contributed by atoms with Gasteiger partial charge in [0.25, 0.3) is 5.91 Å². The maximum atomic E-state index is 13.0. The summed E-state index contributed by atoms with van der Waals surface area (Å²) >= 11 is 3.47. The highest BCUT2D eigenvalue weighted by atomic mass is 79.9. The Bertz CT molecular complexity index is 849. The van der Waals surface area contributed by atoms with Gasteiger partial charge in [-0.25, -0.2) is 9.97 Å². The molecule has 0 N–H and O–H groups in total. The Labute approximate surface area is 154 Å². The van der Waals surface area contributed by atoms with Gasteiger partial charge in [0, 0.05) is 18.3 Å². The first-order valence-electron chi connectivity index (χ1n) is 8.14. The summed E-state index contributed by atoms with van der Waals surface area (Å²) in [6.45, 7) is 2.65. The van der Waals surface area contributed by atoms with Gasteiger partial charge in [-0.3, -0.25) is 9.69 Å². The van der Waals surface area contributed by atoms with E-state index < -0.39 is 0 Å². The van der Waals surface area contributed by atoms with E-state index in [1.807, 2.05) is 42.5 Å². The molecular formula is C19H18BrN3O2. The molecule has 0 bridgehead atoms. The van der Waals surface area contributed by atoms with Crippen molar-refractivity contribution >= 4 is 27.7 Å². The molecule has 3 rings (SSSR count). The van der Waals surface area contributed by atoms with Crippen LogP contribution in [0.5, 0.6) is 0 Å². The van der Waals surface area contributed by atoms with E-state index in [0.29, 0.717) is 18.3 Å². The number of unbranched alkanes of at least 4 members (excludes halogenated alkanes) is 1. The van der Waals surface area contributed by atoms with Crippen molar-refractivity contribution in [2.24, 2.45) is 0 Å². The third kappa shape index (κ3) is 3.96. The molecule has 5 nitrogen and oxygen atoms in total. The number of amides is 1. The molecule has 128 valence electrons. The van der Waals surface area contributed by atoms with Gasteiger partial charge >= 0.3 is 0 Å². The van der Waals surface area contributed by atoms with Crippen LogP contribution in [0.2, 0.25) is 0 Å².